The molecule has 2 fully saturated rings. The van der Waals surface area contributed by atoms with Gasteiger partial charge in [-0.05, 0) is 31.6 Å². The molecular weight excluding hydrogens is 290 g/mol. The summed E-state index contributed by atoms with van der Waals surface area (Å²) in [6.07, 6.45) is 7.42. The third-order valence-corrected chi connectivity index (χ3v) is 5.27. The molecule has 122 valence electrons. The standard InChI is InChI=1S/C14H27N3O3S/c1-11-6-3-4-8-13(11)15-14(18)17-9-5-7-12(10-17)16-21(2,19)20/h11-13,16H,3-10H2,1-2H3,(H,15,18)/t11-,12-,13-/m1/s1. The summed E-state index contributed by atoms with van der Waals surface area (Å²) in [6.45, 7) is 3.35. The average molecular weight is 317 g/mol. The maximum absolute atomic E-state index is 12.4. The van der Waals surface area contributed by atoms with Crippen LogP contribution in [0.3, 0.4) is 0 Å². The molecule has 7 heteroatoms. The lowest BCUT2D eigenvalue weighted by atomic mass is 9.86. The summed E-state index contributed by atoms with van der Waals surface area (Å²) in [5.74, 6) is 0.525. The van der Waals surface area contributed by atoms with Gasteiger partial charge in [0.1, 0.15) is 0 Å². The molecule has 0 unspecified atom stereocenters. The number of likely N-dealkylation sites (tertiary alicyclic amines) is 1. The Labute approximate surface area is 127 Å². The van der Waals surface area contributed by atoms with E-state index in [2.05, 4.69) is 17.0 Å². The highest BCUT2D eigenvalue weighted by atomic mass is 32.2. The van der Waals surface area contributed by atoms with E-state index in [1.807, 2.05) is 0 Å². The van der Waals surface area contributed by atoms with E-state index in [9.17, 15) is 13.2 Å². The Kier molecular flexibility index (Phi) is 5.48. The van der Waals surface area contributed by atoms with Crippen LogP contribution in [0.2, 0.25) is 0 Å². The first-order valence-corrected chi connectivity index (χ1v) is 9.77. The molecule has 1 saturated heterocycles. The van der Waals surface area contributed by atoms with Gasteiger partial charge in [-0.1, -0.05) is 19.8 Å². The highest BCUT2D eigenvalue weighted by Gasteiger charge is 2.28. The maximum Gasteiger partial charge on any atom is 0.317 e. The predicted molar refractivity (Wildman–Crippen MR) is 82.5 cm³/mol. The van der Waals surface area contributed by atoms with E-state index in [1.165, 1.54) is 19.3 Å². The van der Waals surface area contributed by atoms with Crippen molar-refractivity contribution in [1.29, 1.82) is 0 Å². The minimum absolute atomic E-state index is 0.0475. The molecule has 0 radical (unpaired) electrons. The quantitative estimate of drug-likeness (QED) is 0.823. The number of rotatable bonds is 3. The van der Waals surface area contributed by atoms with Crippen molar-refractivity contribution in [2.75, 3.05) is 19.3 Å². The van der Waals surface area contributed by atoms with Crippen molar-refractivity contribution in [2.24, 2.45) is 5.92 Å². The number of nitrogens with zero attached hydrogens (tertiary/aromatic N) is 1. The summed E-state index contributed by atoms with van der Waals surface area (Å²) in [4.78, 5) is 14.1. The summed E-state index contributed by atoms with van der Waals surface area (Å²) >= 11 is 0. The third-order valence-electron chi connectivity index (χ3n) is 4.51. The van der Waals surface area contributed by atoms with E-state index in [0.717, 1.165) is 25.5 Å². The van der Waals surface area contributed by atoms with E-state index in [0.29, 0.717) is 19.0 Å². The molecule has 6 nitrogen and oxygen atoms in total. The lowest BCUT2D eigenvalue weighted by Crippen LogP contribution is -2.54. The van der Waals surface area contributed by atoms with E-state index in [-0.39, 0.29) is 18.1 Å². The first-order valence-electron chi connectivity index (χ1n) is 7.88. The smallest absolute Gasteiger partial charge is 0.317 e. The van der Waals surface area contributed by atoms with Crippen LogP contribution < -0.4 is 10.0 Å². The minimum Gasteiger partial charge on any atom is -0.335 e. The Morgan fingerprint density at radius 3 is 2.52 bits per heavy atom. The molecule has 0 aromatic carbocycles. The van der Waals surface area contributed by atoms with Crippen LogP contribution in [0.4, 0.5) is 4.79 Å². The number of urea groups is 1. The van der Waals surface area contributed by atoms with Gasteiger partial charge in [0.25, 0.3) is 0 Å². The van der Waals surface area contributed by atoms with Crippen LogP contribution in [-0.4, -0.2) is 50.8 Å². The number of sulfonamides is 1. The number of carbonyl (C=O) groups excluding carboxylic acids is 1. The molecule has 1 heterocycles. The van der Waals surface area contributed by atoms with Crippen molar-refractivity contribution in [3.63, 3.8) is 0 Å². The van der Waals surface area contributed by atoms with Gasteiger partial charge < -0.3 is 10.2 Å². The molecule has 2 aliphatic rings. The van der Waals surface area contributed by atoms with Crippen LogP contribution in [-0.2, 0) is 10.0 Å². The van der Waals surface area contributed by atoms with Crippen molar-refractivity contribution in [3.8, 4) is 0 Å². The third kappa shape index (κ3) is 5.14. The van der Waals surface area contributed by atoms with Crippen molar-refractivity contribution in [3.05, 3.63) is 0 Å². The van der Waals surface area contributed by atoms with Crippen molar-refractivity contribution >= 4 is 16.1 Å². The number of amides is 2. The zero-order chi connectivity index (χ0) is 15.5. The van der Waals surface area contributed by atoms with E-state index in [1.54, 1.807) is 4.90 Å². The molecule has 1 aliphatic heterocycles. The van der Waals surface area contributed by atoms with Gasteiger partial charge in [0.05, 0.1) is 6.26 Å². The fourth-order valence-corrected chi connectivity index (χ4v) is 4.14. The lowest BCUT2D eigenvalue weighted by molar-refractivity contribution is 0.165. The molecule has 21 heavy (non-hydrogen) atoms. The Balaban J connectivity index is 1.86. The van der Waals surface area contributed by atoms with Crippen LogP contribution >= 0.6 is 0 Å². The minimum atomic E-state index is -3.22. The lowest BCUT2D eigenvalue weighted by Gasteiger charge is -2.36. The van der Waals surface area contributed by atoms with Crippen LogP contribution in [0.5, 0.6) is 0 Å². The van der Waals surface area contributed by atoms with Crippen LogP contribution in [0.15, 0.2) is 0 Å². The zero-order valence-electron chi connectivity index (χ0n) is 13.0. The Bertz CT molecular complexity index is 466. The maximum atomic E-state index is 12.4. The summed E-state index contributed by atoms with van der Waals surface area (Å²) in [6, 6.07) is 0.0477. The van der Waals surface area contributed by atoms with Gasteiger partial charge in [-0.3, -0.25) is 0 Å². The summed E-state index contributed by atoms with van der Waals surface area (Å²) in [5, 5.41) is 3.13. The second kappa shape index (κ2) is 6.96. The highest BCUT2D eigenvalue weighted by molar-refractivity contribution is 7.88. The van der Waals surface area contributed by atoms with E-state index in [4.69, 9.17) is 0 Å². The molecular formula is C14H27N3O3S. The second-order valence-corrected chi connectivity index (χ2v) is 8.27. The van der Waals surface area contributed by atoms with Crippen LogP contribution in [0.25, 0.3) is 0 Å². The SMILES string of the molecule is C[C@@H]1CCCC[C@H]1NC(=O)N1CCC[C@@H](NS(C)(=O)=O)C1. The number of piperidine rings is 1. The molecule has 0 spiro atoms. The van der Waals surface area contributed by atoms with E-state index >= 15 is 0 Å². The summed E-state index contributed by atoms with van der Waals surface area (Å²) in [7, 11) is -3.22. The monoisotopic (exact) mass is 317 g/mol. The van der Waals surface area contributed by atoms with E-state index < -0.39 is 10.0 Å². The number of hydrogen-bond donors (Lipinski definition) is 2. The molecule has 0 aromatic heterocycles. The van der Waals surface area contributed by atoms with Crippen molar-refractivity contribution < 1.29 is 13.2 Å². The highest BCUT2D eigenvalue weighted by Crippen LogP contribution is 2.24. The Morgan fingerprint density at radius 2 is 1.86 bits per heavy atom. The number of hydrogen-bond acceptors (Lipinski definition) is 3. The summed E-state index contributed by atoms with van der Waals surface area (Å²) < 4.78 is 25.2. The van der Waals surface area contributed by atoms with Gasteiger partial charge in [0.15, 0.2) is 0 Å². The normalized spacial score (nSPS) is 31.0. The Hall–Kier alpha value is -0.820. The summed E-state index contributed by atoms with van der Waals surface area (Å²) in [5.41, 5.74) is 0. The molecule has 0 aromatic rings. The topological polar surface area (TPSA) is 78.5 Å². The Morgan fingerprint density at radius 1 is 1.14 bits per heavy atom. The van der Waals surface area contributed by atoms with Gasteiger partial charge in [-0.2, -0.15) is 0 Å². The van der Waals surface area contributed by atoms with Crippen LogP contribution in [0.1, 0.15) is 45.4 Å². The molecule has 2 rings (SSSR count). The first kappa shape index (κ1) is 16.5. The van der Waals surface area contributed by atoms with Gasteiger partial charge in [-0.25, -0.2) is 17.9 Å². The molecule has 2 N–H and O–H groups in total. The zero-order valence-corrected chi connectivity index (χ0v) is 13.8. The largest absolute Gasteiger partial charge is 0.335 e. The number of nitrogens with one attached hydrogen (secondary N) is 2. The van der Waals surface area contributed by atoms with Crippen LogP contribution in [0, 0.1) is 5.92 Å². The van der Waals surface area contributed by atoms with Gasteiger partial charge in [0.2, 0.25) is 10.0 Å². The first-order chi connectivity index (χ1) is 9.85. The van der Waals surface area contributed by atoms with Gasteiger partial charge in [0, 0.05) is 25.2 Å². The second-order valence-electron chi connectivity index (χ2n) is 6.49. The molecule has 1 aliphatic carbocycles. The predicted octanol–water partition coefficient (Wildman–Crippen LogP) is 1.29. The van der Waals surface area contributed by atoms with Crippen molar-refractivity contribution in [1.82, 2.24) is 14.9 Å². The number of carbonyl (C=O) groups is 1. The van der Waals surface area contributed by atoms with Crippen molar-refractivity contribution in [2.45, 2.75) is 57.5 Å². The molecule has 3 atom stereocenters. The molecule has 2 amide bonds. The van der Waals surface area contributed by atoms with Gasteiger partial charge >= 0.3 is 6.03 Å². The van der Waals surface area contributed by atoms with Gasteiger partial charge in [-0.15, -0.1) is 0 Å². The average Bonchev–Trinajstić information content (AvgIpc) is 2.39. The fourth-order valence-electron chi connectivity index (χ4n) is 3.34. The fraction of sp³-hybridized carbons (Fsp3) is 0.929. The molecule has 0 bridgehead atoms. The molecule has 1 saturated carbocycles.